The molecule has 1 N–H and O–H groups in total. The molecule has 0 saturated carbocycles. The largest absolute Gasteiger partial charge is 0.481 e. The van der Waals surface area contributed by atoms with Crippen LogP contribution in [0.4, 0.5) is 5.69 Å². The van der Waals surface area contributed by atoms with Crippen molar-refractivity contribution in [1.82, 2.24) is 4.31 Å². The van der Waals surface area contributed by atoms with Crippen LogP contribution < -0.4 is 4.90 Å². The monoisotopic (exact) mass is 340 g/mol. The van der Waals surface area contributed by atoms with Crippen molar-refractivity contribution in [3.8, 4) is 0 Å². The molecule has 1 atom stereocenters. The molecule has 7 nitrogen and oxygen atoms in total. The summed E-state index contributed by atoms with van der Waals surface area (Å²) >= 11 is 0. The number of rotatable bonds is 4. The summed E-state index contributed by atoms with van der Waals surface area (Å²) in [6, 6.07) is 6.00. The van der Waals surface area contributed by atoms with Gasteiger partial charge in [0.05, 0.1) is 10.8 Å². The molecule has 1 unspecified atom stereocenters. The summed E-state index contributed by atoms with van der Waals surface area (Å²) in [7, 11) is -2.12. The fourth-order valence-corrected chi connectivity index (χ4v) is 4.06. The Morgan fingerprint density at radius 3 is 2.39 bits per heavy atom. The maximum Gasteiger partial charge on any atom is 0.307 e. The lowest BCUT2D eigenvalue weighted by molar-refractivity contribution is -0.142. The van der Waals surface area contributed by atoms with E-state index in [1.165, 1.54) is 28.3 Å². The van der Waals surface area contributed by atoms with Crippen LogP contribution in [0.25, 0.3) is 0 Å². The van der Waals surface area contributed by atoms with E-state index in [4.69, 9.17) is 5.11 Å². The maximum absolute atomic E-state index is 12.6. The van der Waals surface area contributed by atoms with E-state index in [9.17, 15) is 18.0 Å². The Morgan fingerprint density at radius 1 is 1.26 bits per heavy atom. The van der Waals surface area contributed by atoms with Gasteiger partial charge in [-0.15, -0.1) is 0 Å². The van der Waals surface area contributed by atoms with Gasteiger partial charge in [-0.05, 0) is 37.1 Å². The van der Waals surface area contributed by atoms with Crippen LogP contribution in [-0.2, 0) is 19.6 Å². The predicted octanol–water partition coefficient (Wildman–Crippen LogP) is 1.15. The van der Waals surface area contributed by atoms with Gasteiger partial charge in [0.15, 0.2) is 0 Å². The van der Waals surface area contributed by atoms with Crippen molar-refractivity contribution in [3.63, 3.8) is 0 Å². The number of hydrogen-bond donors (Lipinski definition) is 1. The summed E-state index contributed by atoms with van der Waals surface area (Å²) in [6.07, 6.45) is 1.02. The first kappa shape index (κ1) is 17.4. The van der Waals surface area contributed by atoms with E-state index >= 15 is 0 Å². The molecular formula is C15H20N2O5S. The van der Waals surface area contributed by atoms with Gasteiger partial charge in [-0.3, -0.25) is 9.59 Å². The molecule has 126 valence electrons. The topological polar surface area (TPSA) is 95.0 Å². The third kappa shape index (κ3) is 3.70. The number of nitrogens with zero attached hydrogens (tertiary/aromatic N) is 2. The minimum atomic E-state index is -3.72. The molecule has 0 radical (unpaired) electrons. The average molecular weight is 340 g/mol. The minimum Gasteiger partial charge on any atom is -0.481 e. The Hall–Kier alpha value is -1.93. The summed E-state index contributed by atoms with van der Waals surface area (Å²) in [6.45, 7) is 1.73. The standard InChI is InChI=1S/C15H20N2O5S/c1-11(18)16(2)13-5-7-14(8-6-13)23(21,22)17-9-3-4-12(10-17)15(19)20/h5-8,12H,3-4,9-10H2,1-2H3,(H,19,20). The molecule has 1 aliphatic heterocycles. The molecule has 1 aromatic rings. The lowest BCUT2D eigenvalue weighted by Gasteiger charge is -2.29. The predicted molar refractivity (Wildman–Crippen MR) is 84.6 cm³/mol. The van der Waals surface area contributed by atoms with E-state index < -0.39 is 21.9 Å². The van der Waals surface area contributed by atoms with Crippen LogP contribution in [0.3, 0.4) is 0 Å². The number of carboxylic acids is 1. The van der Waals surface area contributed by atoms with Crippen molar-refractivity contribution < 1.29 is 23.1 Å². The molecule has 2 rings (SSSR count). The van der Waals surface area contributed by atoms with Crippen LogP contribution in [-0.4, -0.2) is 49.8 Å². The van der Waals surface area contributed by atoms with E-state index in [2.05, 4.69) is 0 Å². The summed E-state index contributed by atoms with van der Waals surface area (Å²) in [5.74, 6) is -1.79. The smallest absolute Gasteiger partial charge is 0.307 e. The fourth-order valence-electron chi connectivity index (χ4n) is 2.53. The number of benzene rings is 1. The van der Waals surface area contributed by atoms with Gasteiger partial charge >= 0.3 is 5.97 Å². The summed E-state index contributed by atoms with van der Waals surface area (Å²) in [5, 5.41) is 9.08. The third-order valence-corrected chi connectivity index (χ3v) is 5.95. The van der Waals surface area contributed by atoms with Crippen molar-refractivity contribution in [3.05, 3.63) is 24.3 Å². The van der Waals surface area contributed by atoms with Crippen molar-refractivity contribution in [2.75, 3.05) is 25.0 Å². The van der Waals surface area contributed by atoms with Gasteiger partial charge in [0.1, 0.15) is 0 Å². The van der Waals surface area contributed by atoms with Crippen LogP contribution in [0.1, 0.15) is 19.8 Å². The van der Waals surface area contributed by atoms with Gasteiger partial charge in [0.25, 0.3) is 0 Å². The Labute approximate surface area is 135 Å². The van der Waals surface area contributed by atoms with Gasteiger partial charge in [-0.25, -0.2) is 8.42 Å². The quantitative estimate of drug-likeness (QED) is 0.887. The molecule has 1 aromatic carbocycles. The number of amides is 1. The van der Waals surface area contributed by atoms with Crippen LogP contribution >= 0.6 is 0 Å². The van der Waals surface area contributed by atoms with Crippen LogP contribution in [0.5, 0.6) is 0 Å². The minimum absolute atomic E-state index is 0.00718. The first-order chi connectivity index (χ1) is 10.7. The van der Waals surface area contributed by atoms with Crippen LogP contribution in [0, 0.1) is 5.92 Å². The van der Waals surface area contributed by atoms with Gasteiger partial charge in [-0.2, -0.15) is 4.31 Å². The molecule has 1 saturated heterocycles. The third-order valence-electron chi connectivity index (χ3n) is 4.07. The Morgan fingerprint density at radius 2 is 1.87 bits per heavy atom. The van der Waals surface area contributed by atoms with Crippen LogP contribution in [0.2, 0.25) is 0 Å². The van der Waals surface area contributed by atoms with Crippen LogP contribution in [0.15, 0.2) is 29.2 Å². The van der Waals surface area contributed by atoms with E-state index in [1.807, 2.05) is 0 Å². The van der Waals surface area contributed by atoms with Crippen molar-refractivity contribution >= 4 is 27.6 Å². The summed E-state index contributed by atoms with van der Waals surface area (Å²) < 4.78 is 26.5. The van der Waals surface area contributed by atoms with Crippen molar-refractivity contribution in [1.29, 1.82) is 0 Å². The highest BCUT2D eigenvalue weighted by Crippen LogP contribution is 2.25. The lowest BCUT2D eigenvalue weighted by atomic mass is 10.0. The number of carbonyl (C=O) groups is 2. The molecule has 0 aromatic heterocycles. The normalized spacial score (nSPS) is 19.3. The number of carboxylic acid groups (broad SMARTS) is 1. The second-order valence-corrected chi connectivity index (χ2v) is 7.55. The highest BCUT2D eigenvalue weighted by molar-refractivity contribution is 7.89. The first-order valence-corrected chi connectivity index (χ1v) is 8.75. The second kappa shape index (κ2) is 6.67. The number of sulfonamides is 1. The van der Waals surface area contributed by atoms with Crippen molar-refractivity contribution in [2.45, 2.75) is 24.7 Å². The van der Waals surface area contributed by atoms with E-state index in [0.717, 1.165) is 0 Å². The average Bonchev–Trinajstić information content (AvgIpc) is 2.54. The number of aliphatic carboxylic acids is 1. The lowest BCUT2D eigenvalue weighted by Crippen LogP contribution is -2.42. The first-order valence-electron chi connectivity index (χ1n) is 7.31. The van der Waals surface area contributed by atoms with Gasteiger partial charge < -0.3 is 10.0 Å². The molecule has 1 heterocycles. The molecule has 1 aliphatic rings. The maximum atomic E-state index is 12.6. The molecule has 0 bridgehead atoms. The molecule has 1 fully saturated rings. The zero-order chi connectivity index (χ0) is 17.2. The summed E-state index contributed by atoms with van der Waals surface area (Å²) in [4.78, 5) is 23.9. The number of anilines is 1. The Balaban J connectivity index is 2.22. The van der Waals surface area contributed by atoms with Gasteiger partial charge in [0.2, 0.25) is 15.9 Å². The molecule has 8 heteroatoms. The number of hydrogen-bond acceptors (Lipinski definition) is 4. The van der Waals surface area contributed by atoms with E-state index in [1.54, 1.807) is 19.2 Å². The van der Waals surface area contributed by atoms with Gasteiger partial charge in [-0.1, -0.05) is 0 Å². The highest BCUT2D eigenvalue weighted by atomic mass is 32.2. The molecular weight excluding hydrogens is 320 g/mol. The zero-order valence-electron chi connectivity index (χ0n) is 13.1. The number of carbonyl (C=O) groups excluding carboxylic acids is 1. The van der Waals surface area contributed by atoms with Gasteiger partial charge in [0, 0.05) is 32.7 Å². The van der Waals surface area contributed by atoms with E-state index in [0.29, 0.717) is 25.1 Å². The van der Waals surface area contributed by atoms with Crippen molar-refractivity contribution in [2.24, 2.45) is 5.92 Å². The SMILES string of the molecule is CC(=O)N(C)c1ccc(S(=O)(=O)N2CCCC(C(=O)O)C2)cc1. The molecule has 0 spiro atoms. The Kier molecular flexibility index (Phi) is 5.06. The number of piperidine rings is 1. The highest BCUT2D eigenvalue weighted by Gasteiger charge is 2.33. The molecule has 0 aliphatic carbocycles. The van der Waals surface area contributed by atoms with E-state index in [-0.39, 0.29) is 17.3 Å². The summed E-state index contributed by atoms with van der Waals surface area (Å²) in [5.41, 5.74) is 0.596. The zero-order valence-corrected chi connectivity index (χ0v) is 13.9. The second-order valence-electron chi connectivity index (χ2n) is 5.61. The Bertz CT molecular complexity index is 699. The fraction of sp³-hybridized carbons (Fsp3) is 0.467. The molecule has 1 amide bonds. The molecule has 23 heavy (non-hydrogen) atoms.